The Morgan fingerprint density at radius 1 is 1.47 bits per heavy atom. The lowest BCUT2D eigenvalue weighted by Gasteiger charge is -2.14. The molecule has 0 spiro atoms. The van der Waals surface area contributed by atoms with Crippen molar-refractivity contribution in [2.75, 3.05) is 13.1 Å². The summed E-state index contributed by atoms with van der Waals surface area (Å²) in [6.45, 7) is 3.47. The molecule has 0 radical (unpaired) electrons. The third kappa shape index (κ3) is 3.27. The van der Waals surface area contributed by atoms with Crippen LogP contribution in [0.4, 0.5) is 4.39 Å². The van der Waals surface area contributed by atoms with E-state index in [-0.39, 0.29) is 17.8 Å². The van der Waals surface area contributed by atoms with Crippen LogP contribution in [-0.4, -0.2) is 30.0 Å². The number of carbonyl (C=O) groups is 1. The molecular formula is C13H16FNO2. The van der Waals surface area contributed by atoms with Crippen molar-refractivity contribution in [3.63, 3.8) is 0 Å². The number of halogens is 1. The fraction of sp³-hybridized carbons (Fsp3) is 0.462. The predicted octanol–water partition coefficient (Wildman–Crippen LogP) is 1.96. The first-order chi connectivity index (χ1) is 8.15. The number of hydrogen-bond acceptors (Lipinski definition) is 2. The van der Waals surface area contributed by atoms with E-state index < -0.39 is 0 Å². The van der Waals surface area contributed by atoms with E-state index in [1.54, 1.807) is 24.0 Å². The van der Waals surface area contributed by atoms with Crippen LogP contribution in [0.3, 0.4) is 0 Å². The van der Waals surface area contributed by atoms with Crippen LogP contribution in [0.1, 0.15) is 18.9 Å². The van der Waals surface area contributed by atoms with Crippen molar-refractivity contribution in [1.82, 2.24) is 4.90 Å². The minimum atomic E-state index is -0.239. The third-order valence-electron chi connectivity index (χ3n) is 2.99. The monoisotopic (exact) mass is 237 g/mol. The van der Waals surface area contributed by atoms with Gasteiger partial charge >= 0.3 is 0 Å². The van der Waals surface area contributed by atoms with Gasteiger partial charge in [-0.2, -0.15) is 0 Å². The minimum Gasteiger partial charge on any atom is -0.372 e. The molecule has 1 saturated heterocycles. The highest BCUT2D eigenvalue weighted by Crippen LogP contribution is 2.15. The highest BCUT2D eigenvalue weighted by molar-refractivity contribution is 5.73. The van der Waals surface area contributed by atoms with E-state index in [9.17, 15) is 9.18 Å². The molecule has 0 N–H and O–H groups in total. The van der Waals surface area contributed by atoms with Crippen LogP contribution < -0.4 is 0 Å². The highest BCUT2D eigenvalue weighted by Gasteiger charge is 2.24. The molecule has 0 bridgehead atoms. The molecule has 0 aliphatic carbocycles. The number of hydrogen-bond donors (Lipinski definition) is 0. The van der Waals surface area contributed by atoms with Gasteiger partial charge in [-0.3, -0.25) is 4.79 Å². The van der Waals surface area contributed by atoms with Gasteiger partial charge in [0, 0.05) is 20.0 Å². The molecule has 1 heterocycles. The smallest absolute Gasteiger partial charge is 0.219 e. The first kappa shape index (κ1) is 12.0. The molecule has 1 aromatic carbocycles. The summed E-state index contributed by atoms with van der Waals surface area (Å²) in [6, 6.07) is 6.28. The molecule has 92 valence electrons. The number of ether oxygens (including phenoxy) is 1. The van der Waals surface area contributed by atoms with Crippen molar-refractivity contribution in [3.8, 4) is 0 Å². The summed E-state index contributed by atoms with van der Waals surface area (Å²) in [5.74, 6) is -0.143. The maximum absolute atomic E-state index is 12.7. The Morgan fingerprint density at radius 3 is 2.76 bits per heavy atom. The summed E-state index contributed by atoms with van der Waals surface area (Å²) in [6.07, 6.45) is 0.977. The highest BCUT2D eigenvalue weighted by atomic mass is 19.1. The van der Waals surface area contributed by atoms with Crippen LogP contribution >= 0.6 is 0 Å². The van der Waals surface area contributed by atoms with Crippen LogP contribution in [0.15, 0.2) is 24.3 Å². The minimum absolute atomic E-state index is 0.0953. The number of likely N-dealkylation sites (tertiary alicyclic amines) is 1. The Kier molecular flexibility index (Phi) is 3.74. The van der Waals surface area contributed by atoms with E-state index >= 15 is 0 Å². The second-order valence-corrected chi connectivity index (χ2v) is 4.31. The summed E-state index contributed by atoms with van der Waals surface area (Å²) in [4.78, 5) is 12.9. The molecule has 1 atom stereocenters. The van der Waals surface area contributed by atoms with Gasteiger partial charge in [0.2, 0.25) is 5.91 Å². The second-order valence-electron chi connectivity index (χ2n) is 4.31. The van der Waals surface area contributed by atoms with Gasteiger partial charge < -0.3 is 9.64 Å². The number of nitrogens with zero attached hydrogens (tertiary/aromatic N) is 1. The van der Waals surface area contributed by atoms with Crippen LogP contribution in [0.2, 0.25) is 0 Å². The molecule has 4 heteroatoms. The zero-order valence-electron chi connectivity index (χ0n) is 9.86. The summed E-state index contributed by atoms with van der Waals surface area (Å²) in [7, 11) is 0. The molecule has 1 aromatic rings. The summed E-state index contributed by atoms with van der Waals surface area (Å²) in [5, 5.41) is 0. The standard InChI is InChI=1S/C13H16FNO2/c1-10(16)15-7-6-13(8-15)17-9-11-2-4-12(14)5-3-11/h2-5,13H,6-9H2,1H3. The molecule has 1 aliphatic rings. The van der Waals surface area contributed by atoms with Crippen molar-refractivity contribution in [3.05, 3.63) is 35.6 Å². The summed E-state index contributed by atoms with van der Waals surface area (Å²) < 4.78 is 18.4. The topological polar surface area (TPSA) is 29.5 Å². The van der Waals surface area contributed by atoms with Gasteiger partial charge in [-0.1, -0.05) is 12.1 Å². The Bertz CT molecular complexity index is 391. The Labute approximate surface area is 100 Å². The number of benzene rings is 1. The molecule has 0 saturated carbocycles. The Hall–Kier alpha value is -1.42. The van der Waals surface area contributed by atoms with Gasteiger partial charge in [-0.25, -0.2) is 4.39 Å². The molecule has 17 heavy (non-hydrogen) atoms. The molecular weight excluding hydrogens is 221 g/mol. The number of amides is 1. The quantitative estimate of drug-likeness (QED) is 0.804. The van der Waals surface area contributed by atoms with E-state index in [4.69, 9.17) is 4.74 Å². The zero-order valence-corrected chi connectivity index (χ0v) is 9.86. The maximum atomic E-state index is 12.7. The lowest BCUT2D eigenvalue weighted by atomic mass is 10.2. The van der Waals surface area contributed by atoms with Gasteiger partial charge in [0.05, 0.1) is 12.7 Å². The van der Waals surface area contributed by atoms with E-state index in [0.717, 1.165) is 18.5 Å². The number of carbonyl (C=O) groups excluding carboxylic acids is 1. The fourth-order valence-electron chi connectivity index (χ4n) is 1.94. The Morgan fingerprint density at radius 2 is 2.18 bits per heavy atom. The van der Waals surface area contributed by atoms with Crippen molar-refractivity contribution < 1.29 is 13.9 Å². The van der Waals surface area contributed by atoms with Gasteiger partial charge in [-0.15, -0.1) is 0 Å². The molecule has 1 unspecified atom stereocenters. The van der Waals surface area contributed by atoms with E-state index in [0.29, 0.717) is 13.2 Å². The SMILES string of the molecule is CC(=O)N1CCC(OCc2ccc(F)cc2)C1. The normalized spacial score (nSPS) is 19.6. The van der Waals surface area contributed by atoms with E-state index in [1.165, 1.54) is 12.1 Å². The summed E-state index contributed by atoms with van der Waals surface area (Å²) in [5.41, 5.74) is 0.952. The molecule has 1 amide bonds. The second kappa shape index (κ2) is 5.27. The average molecular weight is 237 g/mol. The van der Waals surface area contributed by atoms with E-state index in [1.807, 2.05) is 0 Å². The van der Waals surface area contributed by atoms with Gasteiger partial charge in [-0.05, 0) is 24.1 Å². The Balaban J connectivity index is 1.80. The predicted molar refractivity (Wildman–Crippen MR) is 61.8 cm³/mol. The summed E-state index contributed by atoms with van der Waals surface area (Å²) >= 11 is 0. The first-order valence-corrected chi connectivity index (χ1v) is 5.76. The van der Waals surface area contributed by atoms with Crippen LogP contribution in [0.25, 0.3) is 0 Å². The third-order valence-corrected chi connectivity index (χ3v) is 2.99. The average Bonchev–Trinajstić information content (AvgIpc) is 2.77. The molecule has 2 rings (SSSR count). The fourth-order valence-corrected chi connectivity index (χ4v) is 1.94. The lowest BCUT2D eigenvalue weighted by molar-refractivity contribution is -0.128. The van der Waals surface area contributed by atoms with Gasteiger partial charge in [0.15, 0.2) is 0 Å². The zero-order chi connectivity index (χ0) is 12.3. The molecule has 0 aromatic heterocycles. The van der Waals surface area contributed by atoms with Crippen molar-refractivity contribution in [2.24, 2.45) is 0 Å². The van der Waals surface area contributed by atoms with Crippen LogP contribution in [0, 0.1) is 5.82 Å². The largest absolute Gasteiger partial charge is 0.372 e. The maximum Gasteiger partial charge on any atom is 0.219 e. The number of rotatable bonds is 3. The van der Waals surface area contributed by atoms with Crippen LogP contribution in [0.5, 0.6) is 0 Å². The molecule has 1 aliphatic heterocycles. The van der Waals surface area contributed by atoms with Gasteiger partial charge in [0.25, 0.3) is 0 Å². The molecule has 3 nitrogen and oxygen atoms in total. The van der Waals surface area contributed by atoms with Crippen molar-refractivity contribution >= 4 is 5.91 Å². The molecule has 1 fully saturated rings. The van der Waals surface area contributed by atoms with Crippen molar-refractivity contribution in [1.29, 1.82) is 0 Å². The lowest BCUT2D eigenvalue weighted by Crippen LogP contribution is -2.27. The van der Waals surface area contributed by atoms with Crippen LogP contribution in [-0.2, 0) is 16.1 Å². The van der Waals surface area contributed by atoms with Crippen molar-refractivity contribution in [2.45, 2.75) is 26.1 Å². The van der Waals surface area contributed by atoms with E-state index in [2.05, 4.69) is 0 Å². The van der Waals surface area contributed by atoms with Gasteiger partial charge in [0.1, 0.15) is 5.82 Å². The first-order valence-electron chi connectivity index (χ1n) is 5.76.